The normalized spacial score (nSPS) is 9.58. The molecule has 1 aromatic heterocycles. The predicted octanol–water partition coefficient (Wildman–Crippen LogP) is 0.974. The Bertz CT molecular complexity index is 249. The summed E-state index contributed by atoms with van der Waals surface area (Å²) in [6.45, 7) is 3.01. The van der Waals surface area contributed by atoms with Crippen molar-refractivity contribution >= 4 is 11.6 Å². The van der Waals surface area contributed by atoms with Gasteiger partial charge < -0.3 is 10.2 Å². The molecule has 0 fully saturated rings. The van der Waals surface area contributed by atoms with E-state index in [1.165, 1.54) is 0 Å². The van der Waals surface area contributed by atoms with Crippen molar-refractivity contribution in [1.29, 1.82) is 0 Å². The Labute approximate surface area is 72.6 Å². The molecule has 1 aromatic rings. The Balaban J connectivity index is 2.86. The van der Waals surface area contributed by atoms with Crippen LogP contribution in [0.1, 0.15) is 6.92 Å². The molecule has 0 amide bonds. The number of rotatable bonds is 3. The lowest BCUT2D eigenvalue weighted by atomic mass is 10.5. The van der Waals surface area contributed by atoms with Gasteiger partial charge in [0, 0.05) is 20.6 Å². The van der Waals surface area contributed by atoms with Crippen LogP contribution in [0.25, 0.3) is 0 Å². The number of hydrogen-bond acceptors (Lipinski definition) is 4. The van der Waals surface area contributed by atoms with E-state index in [4.69, 9.17) is 0 Å². The first-order valence-corrected chi connectivity index (χ1v) is 3.99. The van der Waals surface area contributed by atoms with E-state index in [-0.39, 0.29) is 0 Å². The van der Waals surface area contributed by atoms with Gasteiger partial charge in [0.1, 0.15) is 11.6 Å². The van der Waals surface area contributed by atoms with Crippen LogP contribution in [-0.4, -0.2) is 30.6 Å². The predicted molar refractivity (Wildman–Crippen MR) is 50.5 cm³/mol. The number of hydrogen-bond donors (Lipinski definition) is 1. The van der Waals surface area contributed by atoms with E-state index in [9.17, 15) is 0 Å². The van der Waals surface area contributed by atoms with Crippen LogP contribution in [0.15, 0.2) is 12.4 Å². The van der Waals surface area contributed by atoms with Gasteiger partial charge in [0.25, 0.3) is 0 Å². The molecule has 66 valence electrons. The fourth-order valence-electron chi connectivity index (χ4n) is 0.822. The zero-order valence-electron chi connectivity index (χ0n) is 7.70. The molecule has 0 atom stereocenters. The Morgan fingerprint density at radius 1 is 1.50 bits per heavy atom. The molecule has 0 bridgehead atoms. The van der Waals surface area contributed by atoms with E-state index in [2.05, 4.69) is 22.2 Å². The van der Waals surface area contributed by atoms with Gasteiger partial charge in [-0.25, -0.2) is 4.98 Å². The van der Waals surface area contributed by atoms with Gasteiger partial charge in [-0.15, -0.1) is 0 Å². The molecule has 12 heavy (non-hydrogen) atoms. The molecule has 4 heteroatoms. The summed E-state index contributed by atoms with van der Waals surface area (Å²) in [5.41, 5.74) is 0. The van der Waals surface area contributed by atoms with Crippen LogP contribution in [0, 0.1) is 0 Å². The van der Waals surface area contributed by atoms with Gasteiger partial charge in [-0.1, -0.05) is 0 Å². The SMILES string of the molecule is CCN(C)c1cncc(NC)n1. The number of aromatic nitrogens is 2. The molecule has 0 unspecified atom stereocenters. The van der Waals surface area contributed by atoms with Gasteiger partial charge in [0.05, 0.1) is 12.4 Å². The second-order valence-corrected chi connectivity index (χ2v) is 2.53. The van der Waals surface area contributed by atoms with Crippen molar-refractivity contribution in [1.82, 2.24) is 9.97 Å². The minimum atomic E-state index is 0.799. The molecule has 4 nitrogen and oxygen atoms in total. The van der Waals surface area contributed by atoms with Crippen LogP contribution < -0.4 is 10.2 Å². The molecule has 0 aliphatic carbocycles. The van der Waals surface area contributed by atoms with Crippen molar-refractivity contribution in [2.45, 2.75) is 6.92 Å². The Morgan fingerprint density at radius 3 is 2.83 bits per heavy atom. The summed E-state index contributed by atoms with van der Waals surface area (Å²) in [6, 6.07) is 0. The average molecular weight is 166 g/mol. The van der Waals surface area contributed by atoms with Gasteiger partial charge in [0.2, 0.25) is 0 Å². The second-order valence-electron chi connectivity index (χ2n) is 2.53. The lowest BCUT2D eigenvalue weighted by Gasteiger charge is -2.15. The third kappa shape index (κ3) is 1.84. The van der Waals surface area contributed by atoms with Crippen LogP contribution in [0.2, 0.25) is 0 Å². The zero-order valence-corrected chi connectivity index (χ0v) is 7.70. The topological polar surface area (TPSA) is 41.1 Å². The fraction of sp³-hybridized carbons (Fsp3) is 0.500. The maximum atomic E-state index is 4.31. The summed E-state index contributed by atoms with van der Waals surface area (Å²) in [7, 11) is 3.82. The highest BCUT2D eigenvalue weighted by Crippen LogP contribution is 2.09. The molecule has 1 heterocycles. The highest BCUT2D eigenvalue weighted by atomic mass is 15.2. The Morgan fingerprint density at radius 2 is 2.25 bits per heavy atom. The summed E-state index contributed by atoms with van der Waals surface area (Å²) in [5.74, 6) is 1.69. The molecule has 0 radical (unpaired) electrons. The van der Waals surface area contributed by atoms with Crippen LogP contribution in [0.5, 0.6) is 0 Å². The minimum Gasteiger partial charge on any atom is -0.372 e. The van der Waals surface area contributed by atoms with E-state index in [0.29, 0.717) is 0 Å². The lowest BCUT2D eigenvalue weighted by Crippen LogP contribution is -2.17. The standard InChI is InChI=1S/C8H14N4/c1-4-12(3)8-6-10-5-7(9-2)11-8/h5-6H,4H2,1-3H3,(H,9,11). The maximum Gasteiger partial charge on any atom is 0.149 e. The molecular weight excluding hydrogens is 152 g/mol. The first kappa shape index (κ1) is 8.77. The molecule has 0 saturated carbocycles. The van der Waals surface area contributed by atoms with Gasteiger partial charge in [-0.2, -0.15) is 0 Å². The van der Waals surface area contributed by atoms with Gasteiger partial charge in [-0.05, 0) is 6.92 Å². The summed E-state index contributed by atoms with van der Waals surface area (Å²) in [4.78, 5) is 10.4. The van der Waals surface area contributed by atoms with Crippen LogP contribution in [-0.2, 0) is 0 Å². The van der Waals surface area contributed by atoms with E-state index in [1.54, 1.807) is 12.4 Å². The number of nitrogens with one attached hydrogen (secondary N) is 1. The van der Waals surface area contributed by atoms with E-state index in [0.717, 1.165) is 18.2 Å². The maximum absolute atomic E-state index is 4.31. The first-order chi connectivity index (χ1) is 5.77. The summed E-state index contributed by atoms with van der Waals surface area (Å²) in [5, 5.41) is 2.95. The van der Waals surface area contributed by atoms with Crippen molar-refractivity contribution in [2.24, 2.45) is 0 Å². The third-order valence-electron chi connectivity index (χ3n) is 1.74. The highest BCUT2D eigenvalue weighted by Gasteiger charge is 1.99. The summed E-state index contributed by atoms with van der Waals surface area (Å²) < 4.78 is 0. The minimum absolute atomic E-state index is 0.799. The Kier molecular flexibility index (Phi) is 2.85. The highest BCUT2D eigenvalue weighted by molar-refractivity contribution is 5.42. The number of anilines is 2. The van der Waals surface area contributed by atoms with Gasteiger partial charge in [-0.3, -0.25) is 4.98 Å². The van der Waals surface area contributed by atoms with Crippen molar-refractivity contribution in [3.05, 3.63) is 12.4 Å². The molecule has 1 rings (SSSR count). The molecule has 0 aliphatic heterocycles. The lowest BCUT2D eigenvalue weighted by molar-refractivity contribution is 0.929. The number of nitrogens with zero attached hydrogens (tertiary/aromatic N) is 3. The van der Waals surface area contributed by atoms with Crippen molar-refractivity contribution < 1.29 is 0 Å². The molecule has 0 spiro atoms. The molecule has 0 aliphatic rings. The second kappa shape index (κ2) is 3.90. The molecule has 0 aromatic carbocycles. The third-order valence-corrected chi connectivity index (χ3v) is 1.74. The largest absolute Gasteiger partial charge is 0.372 e. The summed E-state index contributed by atoms with van der Waals surface area (Å²) >= 11 is 0. The van der Waals surface area contributed by atoms with Crippen molar-refractivity contribution in [2.75, 3.05) is 30.9 Å². The van der Waals surface area contributed by atoms with E-state index < -0.39 is 0 Å². The molecule has 1 N–H and O–H groups in total. The molecule has 0 saturated heterocycles. The van der Waals surface area contributed by atoms with E-state index >= 15 is 0 Å². The van der Waals surface area contributed by atoms with E-state index in [1.807, 2.05) is 19.0 Å². The van der Waals surface area contributed by atoms with Crippen LogP contribution in [0.4, 0.5) is 11.6 Å². The monoisotopic (exact) mass is 166 g/mol. The summed E-state index contributed by atoms with van der Waals surface area (Å²) in [6.07, 6.45) is 3.46. The fourth-order valence-corrected chi connectivity index (χ4v) is 0.822. The first-order valence-electron chi connectivity index (χ1n) is 3.99. The smallest absolute Gasteiger partial charge is 0.149 e. The molecular formula is C8H14N4. The van der Waals surface area contributed by atoms with Crippen molar-refractivity contribution in [3.63, 3.8) is 0 Å². The Hall–Kier alpha value is -1.32. The van der Waals surface area contributed by atoms with Gasteiger partial charge in [0.15, 0.2) is 0 Å². The van der Waals surface area contributed by atoms with Crippen LogP contribution in [0.3, 0.4) is 0 Å². The zero-order chi connectivity index (χ0) is 8.97. The quantitative estimate of drug-likeness (QED) is 0.726. The average Bonchev–Trinajstić information content (AvgIpc) is 2.17. The van der Waals surface area contributed by atoms with Crippen LogP contribution >= 0.6 is 0 Å². The van der Waals surface area contributed by atoms with Crippen molar-refractivity contribution in [3.8, 4) is 0 Å². The van der Waals surface area contributed by atoms with Gasteiger partial charge >= 0.3 is 0 Å².